The molecule has 0 aliphatic heterocycles. The topological polar surface area (TPSA) is 46.2 Å². The minimum absolute atomic E-state index is 0.182. The van der Waals surface area contributed by atoms with Crippen LogP contribution in [0, 0.1) is 11.8 Å². The van der Waals surface area contributed by atoms with E-state index >= 15 is 0 Å². The number of carbonyl (C=O) groups is 2. The molecule has 0 radical (unpaired) electrons. The first-order valence-corrected chi connectivity index (χ1v) is 5.12. The first-order chi connectivity index (χ1) is 7.31. The van der Waals surface area contributed by atoms with Gasteiger partial charge in [0.1, 0.15) is 6.29 Å². The fourth-order valence-electron chi connectivity index (χ4n) is 1.59. The third-order valence-corrected chi connectivity index (χ3v) is 2.62. The number of amides is 1. The van der Waals surface area contributed by atoms with Crippen LogP contribution < -0.4 is 5.32 Å². The number of rotatable bonds is 4. The third kappa shape index (κ3) is 2.43. The van der Waals surface area contributed by atoms with Gasteiger partial charge in [-0.3, -0.25) is 4.79 Å². The molecule has 1 atom stereocenters. The van der Waals surface area contributed by atoms with Crippen LogP contribution in [-0.2, 0) is 9.59 Å². The van der Waals surface area contributed by atoms with E-state index in [1.807, 2.05) is 30.3 Å². The second kappa shape index (κ2) is 4.26. The van der Waals surface area contributed by atoms with Gasteiger partial charge in [-0.15, -0.1) is 0 Å². The van der Waals surface area contributed by atoms with Crippen LogP contribution in [0.5, 0.6) is 0 Å². The van der Waals surface area contributed by atoms with E-state index < -0.39 is 5.92 Å². The van der Waals surface area contributed by atoms with Gasteiger partial charge in [0.15, 0.2) is 0 Å². The summed E-state index contributed by atoms with van der Waals surface area (Å²) in [6.07, 6.45) is 2.74. The molecule has 1 aliphatic carbocycles. The molecule has 1 amide bonds. The Balaban J connectivity index is 1.99. The maximum Gasteiger partial charge on any atom is 0.234 e. The minimum Gasteiger partial charge on any atom is -0.325 e. The van der Waals surface area contributed by atoms with Crippen molar-refractivity contribution in [3.05, 3.63) is 30.3 Å². The van der Waals surface area contributed by atoms with Gasteiger partial charge < -0.3 is 10.1 Å². The summed E-state index contributed by atoms with van der Waals surface area (Å²) in [5.41, 5.74) is 0.745. The Morgan fingerprint density at radius 3 is 2.53 bits per heavy atom. The van der Waals surface area contributed by atoms with Crippen LogP contribution in [0.25, 0.3) is 0 Å². The summed E-state index contributed by atoms with van der Waals surface area (Å²) in [5, 5.41) is 2.74. The zero-order chi connectivity index (χ0) is 10.7. The van der Waals surface area contributed by atoms with Crippen LogP contribution in [0.15, 0.2) is 30.3 Å². The summed E-state index contributed by atoms with van der Waals surface area (Å²) in [4.78, 5) is 22.4. The van der Waals surface area contributed by atoms with Gasteiger partial charge in [-0.2, -0.15) is 0 Å². The lowest BCUT2D eigenvalue weighted by atomic mass is 10.1. The van der Waals surface area contributed by atoms with Gasteiger partial charge in [0.2, 0.25) is 5.91 Å². The number of anilines is 1. The maximum atomic E-state index is 11.7. The Morgan fingerprint density at radius 1 is 1.33 bits per heavy atom. The highest BCUT2D eigenvalue weighted by Crippen LogP contribution is 2.36. The van der Waals surface area contributed by atoms with E-state index in [0.717, 1.165) is 24.8 Å². The Morgan fingerprint density at radius 2 is 2.00 bits per heavy atom. The molecule has 1 fully saturated rings. The molecule has 1 aromatic rings. The van der Waals surface area contributed by atoms with Crippen LogP contribution in [0.2, 0.25) is 0 Å². The molecule has 0 saturated heterocycles. The molecular weight excluding hydrogens is 190 g/mol. The first-order valence-electron chi connectivity index (χ1n) is 5.12. The number of benzene rings is 1. The van der Waals surface area contributed by atoms with Crippen LogP contribution in [0.3, 0.4) is 0 Å². The largest absolute Gasteiger partial charge is 0.325 e. The molecule has 0 bridgehead atoms. The second-order valence-corrected chi connectivity index (χ2v) is 3.85. The molecule has 0 aromatic heterocycles. The van der Waals surface area contributed by atoms with Crippen molar-refractivity contribution in [2.75, 3.05) is 5.32 Å². The van der Waals surface area contributed by atoms with E-state index in [4.69, 9.17) is 0 Å². The molecule has 3 heteroatoms. The zero-order valence-corrected chi connectivity index (χ0v) is 8.35. The van der Waals surface area contributed by atoms with Crippen LogP contribution in [0.4, 0.5) is 5.69 Å². The van der Waals surface area contributed by atoms with Gasteiger partial charge in [-0.1, -0.05) is 18.2 Å². The van der Waals surface area contributed by atoms with Crippen molar-refractivity contribution in [3.8, 4) is 0 Å². The average Bonchev–Trinajstić information content (AvgIpc) is 3.04. The lowest BCUT2D eigenvalue weighted by molar-refractivity contribution is -0.125. The second-order valence-electron chi connectivity index (χ2n) is 3.85. The lowest BCUT2D eigenvalue weighted by Crippen LogP contribution is -2.25. The predicted octanol–water partition coefficient (Wildman–Crippen LogP) is 1.85. The predicted molar refractivity (Wildman–Crippen MR) is 57.3 cm³/mol. The number of hydrogen-bond donors (Lipinski definition) is 1. The molecule has 78 valence electrons. The van der Waals surface area contributed by atoms with Crippen molar-refractivity contribution in [2.24, 2.45) is 11.8 Å². The highest BCUT2D eigenvalue weighted by molar-refractivity contribution is 6.01. The fraction of sp³-hybridized carbons (Fsp3) is 0.333. The smallest absolute Gasteiger partial charge is 0.234 e. The van der Waals surface area contributed by atoms with Crippen molar-refractivity contribution in [3.63, 3.8) is 0 Å². The van der Waals surface area contributed by atoms with Crippen LogP contribution in [0.1, 0.15) is 12.8 Å². The van der Waals surface area contributed by atoms with E-state index in [-0.39, 0.29) is 11.8 Å². The van der Waals surface area contributed by atoms with Gasteiger partial charge in [-0.25, -0.2) is 0 Å². The summed E-state index contributed by atoms with van der Waals surface area (Å²) in [5.74, 6) is -0.380. The van der Waals surface area contributed by atoms with Gasteiger partial charge in [-0.05, 0) is 30.9 Å². The summed E-state index contributed by atoms with van der Waals surface area (Å²) in [6.45, 7) is 0. The highest BCUT2D eigenvalue weighted by Gasteiger charge is 2.35. The molecule has 1 N–H and O–H groups in total. The highest BCUT2D eigenvalue weighted by atomic mass is 16.2. The van der Waals surface area contributed by atoms with Crippen LogP contribution in [-0.4, -0.2) is 12.2 Å². The molecule has 0 spiro atoms. The van der Waals surface area contributed by atoms with Crippen molar-refractivity contribution in [1.29, 1.82) is 0 Å². The van der Waals surface area contributed by atoms with E-state index in [2.05, 4.69) is 5.32 Å². The fourth-order valence-corrected chi connectivity index (χ4v) is 1.59. The van der Waals surface area contributed by atoms with Gasteiger partial charge >= 0.3 is 0 Å². The minimum atomic E-state index is -0.467. The summed E-state index contributed by atoms with van der Waals surface area (Å²) >= 11 is 0. The Labute approximate surface area is 88.5 Å². The van der Waals surface area contributed by atoms with Crippen molar-refractivity contribution in [1.82, 2.24) is 0 Å². The van der Waals surface area contributed by atoms with E-state index in [1.165, 1.54) is 0 Å². The van der Waals surface area contributed by atoms with Crippen molar-refractivity contribution >= 4 is 17.9 Å². The lowest BCUT2D eigenvalue weighted by Gasteiger charge is -2.09. The standard InChI is InChI=1S/C12H13NO2/c14-8-11(9-6-7-9)12(15)13-10-4-2-1-3-5-10/h1-5,8-9,11H,6-7H2,(H,13,15). The molecule has 1 aromatic carbocycles. The summed E-state index contributed by atoms with van der Waals surface area (Å²) in [6, 6.07) is 9.21. The van der Waals surface area contributed by atoms with E-state index in [1.54, 1.807) is 0 Å². The first kappa shape index (κ1) is 9.90. The zero-order valence-electron chi connectivity index (χ0n) is 8.35. The molecular formula is C12H13NO2. The Hall–Kier alpha value is -1.64. The maximum absolute atomic E-state index is 11.7. The Bertz CT molecular complexity index is 357. The van der Waals surface area contributed by atoms with Gasteiger partial charge in [0.25, 0.3) is 0 Å². The Kier molecular flexibility index (Phi) is 2.81. The average molecular weight is 203 g/mol. The number of hydrogen-bond acceptors (Lipinski definition) is 2. The number of carbonyl (C=O) groups excluding carboxylic acids is 2. The molecule has 1 aliphatic rings. The normalized spacial score (nSPS) is 16.8. The number of nitrogens with one attached hydrogen (secondary N) is 1. The number of para-hydroxylation sites is 1. The number of aldehydes is 1. The molecule has 1 unspecified atom stereocenters. The van der Waals surface area contributed by atoms with Crippen LogP contribution >= 0.6 is 0 Å². The van der Waals surface area contributed by atoms with E-state index in [9.17, 15) is 9.59 Å². The molecule has 0 heterocycles. The third-order valence-electron chi connectivity index (χ3n) is 2.62. The molecule has 2 rings (SSSR count). The summed E-state index contributed by atoms with van der Waals surface area (Å²) < 4.78 is 0. The molecule has 3 nitrogen and oxygen atoms in total. The quantitative estimate of drug-likeness (QED) is 0.599. The van der Waals surface area contributed by atoms with Gasteiger partial charge in [0.05, 0.1) is 5.92 Å². The molecule has 1 saturated carbocycles. The van der Waals surface area contributed by atoms with Crippen molar-refractivity contribution in [2.45, 2.75) is 12.8 Å². The van der Waals surface area contributed by atoms with Crippen molar-refractivity contribution < 1.29 is 9.59 Å². The van der Waals surface area contributed by atoms with Gasteiger partial charge in [0, 0.05) is 5.69 Å². The molecule has 15 heavy (non-hydrogen) atoms. The SMILES string of the molecule is O=CC(C(=O)Nc1ccccc1)C1CC1. The summed E-state index contributed by atoms with van der Waals surface area (Å²) in [7, 11) is 0. The van der Waals surface area contributed by atoms with E-state index in [0.29, 0.717) is 0 Å². The monoisotopic (exact) mass is 203 g/mol.